The Bertz CT molecular complexity index is 893. The standard InChI is InChI=1S/C26H31NO2/c28-24(19-9-2-3-10-19)20-11-8-12-21(17-20)25(29)27-18-26(15-6-1-7-16-26)22-13-4-5-14-23(22)27/h4-5,8,11-14,17,19,24,28H,1-3,6-7,9-10,15-16,18H2. The molecule has 0 radical (unpaired) electrons. The number of benzene rings is 2. The molecule has 3 aliphatic rings. The third-order valence-corrected chi connectivity index (χ3v) is 7.60. The lowest BCUT2D eigenvalue weighted by atomic mass is 9.71. The van der Waals surface area contributed by atoms with E-state index in [0.29, 0.717) is 11.5 Å². The van der Waals surface area contributed by atoms with Crippen LogP contribution in [0.25, 0.3) is 0 Å². The molecule has 1 N–H and O–H groups in total. The topological polar surface area (TPSA) is 40.5 Å². The Kier molecular flexibility index (Phi) is 4.95. The Labute approximate surface area is 173 Å². The summed E-state index contributed by atoms with van der Waals surface area (Å²) >= 11 is 0. The molecule has 2 aromatic carbocycles. The normalized spacial score (nSPS) is 22.0. The second kappa shape index (κ2) is 7.60. The van der Waals surface area contributed by atoms with Crippen molar-refractivity contribution in [2.75, 3.05) is 11.4 Å². The lowest BCUT2D eigenvalue weighted by Crippen LogP contribution is -2.38. The van der Waals surface area contributed by atoms with Crippen molar-refractivity contribution >= 4 is 11.6 Å². The minimum absolute atomic E-state index is 0.0698. The summed E-state index contributed by atoms with van der Waals surface area (Å²) in [5.74, 6) is 0.402. The molecule has 0 bridgehead atoms. The third-order valence-electron chi connectivity index (χ3n) is 7.60. The predicted octanol–water partition coefficient (Wildman–Crippen LogP) is 5.77. The number of para-hydroxylation sites is 1. The maximum absolute atomic E-state index is 13.6. The van der Waals surface area contributed by atoms with E-state index in [0.717, 1.165) is 30.6 Å². The first kappa shape index (κ1) is 18.9. The minimum Gasteiger partial charge on any atom is -0.388 e. The maximum Gasteiger partial charge on any atom is 0.258 e. The molecule has 1 unspecified atom stereocenters. The van der Waals surface area contributed by atoms with Gasteiger partial charge in [0.2, 0.25) is 0 Å². The van der Waals surface area contributed by atoms with E-state index in [-0.39, 0.29) is 11.3 Å². The molecule has 5 rings (SSSR count). The molecule has 1 aliphatic heterocycles. The van der Waals surface area contributed by atoms with Gasteiger partial charge < -0.3 is 10.0 Å². The van der Waals surface area contributed by atoms with Crippen LogP contribution in [0.3, 0.4) is 0 Å². The summed E-state index contributed by atoms with van der Waals surface area (Å²) in [5, 5.41) is 10.8. The predicted molar refractivity (Wildman–Crippen MR) is 116 cm³/mol. The summed E-state index contributed by atoms with van der Waals surface area (Å²) in [6, 6.07) is 16.2. The number of amides is 1. The van der Waals surface area contributed by atoms with E-state index in [1.807, 2.05) is 35.2 Å². The molecule has 3 nitrogen and oxygen atoms in total. The molecule has 1 amide bonds. The zero-order chi connectivity index (χ0) is 19.8. The molecule has 2 aliphatic carbocycles. The number of hydrogen-bond acceptors (Lipinski definition) is 2. The Morgan fingerprint density at radius 3 is 2.52 bits per heavy atom. The van der Waals surface area contributed by atoms with Gasteiger partial charge in [-0.05, 0) is 60.9 Å². The molecular weight excluding hydrogens is 358 g/mol. The van der Waals surface area contributed by atoms with Gasteiger partial charge in [0.25, 0.3) is 5.91 Å². The van der Waals surface area contributed by atoms with E-state index >= 15 is 0 Å². The number of fused-ring (bicyclic) bond motifs is 2. The number of rotatable bonds is 3. The number of aliphatic hydroxyl groups excluding tert-OH is 1. The van der Waals surface area contributed by atoms with E-state index in [1.165, 1.54) is 50.5 Å². The summed E-state index contributed by atoms with van der Waals surface area (Å²) in [6.45, 7) is 0.792. The van der Waals surface area contributed by atoms with E-state index < -0.39 is 6.10 Å². The summed E-state index contributed by atoms with van der Waals surface area (Å²) < 4.78 is 0. The lowest BCUT2D eigenvalue weighted by molar-refractivity contribution is 0.0980. The SMILES string of the molecule is O=C(c1cccc(C(O)C2CCCC2)c1)N1CC2(CCCCC2)c2ccccc21. The minimum atomic E-state index is -0.458. The molecule has 2 fully saturated rings. The molecule has 1 spiro atoms. The highest BCUT2D eigenvalue weighted by Gasteiger charge is 2.45. The number of hydrogen-bond donors (Lipinski definition) is 1. The third kappa shape index (κ3) is 3.30. The van der Waals surface area contributed by atoms with Crippen LogP contribution in [0.15, 0.2) is 48.5 Å². The van der Waals surface area contributed by atoms with Crippen LogP contribution >= 0.6 is 0 Å². The highest BCUT2D eigenvalue weighted by Crippen LogP contribution is 2.49. The monoisotopic (exact) mass is 389 g/mol. The number of anilines is 1. The summed E-state index contributed by atoms with van der Waals surface area (Å²) in [6.07, 6.45) is 10.3. The Morgan fingerprint density at radius 1 is 0.966 bits per heavy atom. The fourth-order valence-electron chi connectivity index (χ4n) is 6.02. The van der Waals surface area contributed by atoms with Gasteiger partial charge in [-0.3, -0.25) is 4.79 Å². The van der Waals surface area contributed by atoms with Gasteiger partial charge in [-0.25, -0.2) is 0 Å². The molecule has 2 saturated carbocycles. The number of carbonyl (C=O) groups is 1. The number of nitrogens with zero attached hydrogens (tertiary/aromatic N) is 1. The molecule has 3 heteroatoms. The molecule has 2 aromatic rings. The summed E-state index contributed by atoms with van der Waals surface area (Å²) in [5.41, 5.74) is 4.16. The second-order valence-electron chi connectivity index (χ2n) is 9.36. The zero-order valence-electron chi connectivity index (χ0n) is 17.1. The van der Waals surface area contributed by atoms with E-state index in [2.05, 4.69) is 18.2 Å². The fourth-order valence-corrected chi connectivity index (χ4v) is 6.02. The van der Waals surface area contributed by atoms with Crippen molar-refractivity contribution in [2.45, 2.75) is 69.3 Å². The molecule has 152 valence electrons. The number of carbonyl (C=O) groups excluding carboxylic acids is 1. The molecule has 1 heterocycles. The van der Waals surface area contributed by atoms with E-state index in [4.69, 9.17) is 0 Å². The first-order chi connectivity index (χ1) is 14.2. The Balaban J connectivity index is 1.44. The van der Waals surface area contributed by atoms with Gasteiger partial charge in [0.15, 0.2) is 0 Å². The molecule has 29 heavy (non-hydrogen) atoms. The quantitative estimate of drug-likeness (QED) is 0.724. The average molecular weight is 390 g/mol. The lowest BCUT2D eigenvalue weighted by Gasteiger charge is -2.34. The van der Waals surface area contributed by atoms with Crippen molar-refractivity contribution in [3.05, 3.63) is 65.2 Å². The van der Waals surface area contributed by atoms with Crippen molar-refractivity contribution in [1.82, 2.24) is 0 Å². The van der Waals surface area contributed by atoms with Gasteiger partial charge in [-0.1, -0.05) is 62.4 Å². The van der Waals surface area contributed by atoms with Crippen LogP contribution < -0.4 is 4.90 Å². The maximum atomic E-state index is 13.6. The fraction of sp³-hybridized carbons (Fsp3) is 0.500. The van der Waals surface area contributed by atoms with Crippen molar-refractivity contribution in [3.8, 4) is 0 Å². The van der Waals surface area contributed by atoms with Crippen LogP contribution in [0, 0.1) is 5.92 Å². The van der Waals surface area contributed by atoms with Crippen LogP contribution in [-0.4, -0.2) is 17.6 Å². The van der Waals surface area contributed by atoms with Crippen LogP contribution in [0.2, 0.25) is 0 Å². The van der Waals surface area contributed by atoms with Gasteiger partial charge >= 0.3 is 0 Å². The van der Waals surface area contributed by atoms with Gasteiger partial charge in [0.1, 0.15) is 0 Å². The van der Waals surface area contributed by atoms with Crippen LogP contribution in [-0.2, 0) is 5.41 Å². The van der Waals surface area contributed by atoms with Crippen molar-refractivity contribution in [2.24, 2.45) is 5.92 Å². The van der Waals surface area contributed by atoms with Gasteiger partial charge in [-0.2, -0.15) is 0 Å². The summed E-state index contributed by atoms with van der Waals surface area (Å²) in [7, 11) is 0. The van der Waals surface area contributed by atoms with Gasteiger partial charge in [0.05, 0.1) is 6.10 Å². The molecule has 0 aromatic heterocycles. The summed E-state index contributed by atoms with van der Waals surface area (Å²) in [4.78, 5) is 15.6. The van der Waals surface area contributed by atoms with Crippen molar-refractivity contribution in [1.29, 1.82) is 0 Å². The van der Waals surface area contributed by atoms with Crippen molar-refractivity contribution < 1.29 is 9.90 Å². The van der Waals surface area contributed by atoms with Crippen LogP contribution in [0.5, 0.6) is 0 Å². The highest BCUT2D eigenvalue weighted by atomic mass is 16.3. The van der Waals surface area contributed by atoms with Crippen LogP contribution in [0.1, 0.15) is 85.4 Å². The number of aliphatic hydroxyl groups is 1. The molecule has 1 atom stereocenters. The highest BCUT2D eigenvalue weighted by molar-refractivity contribution is 6.07. The Morgan fingerprint density at radius 2 is 1.72 bits per heavy atom. The first-order valence-corrected chi connectivity index (χ1v) is 11.4. The van der Waals surface area contributed by atoms with Gasteiger partial charge in [0, 0.05) is 23.2 Å². The first-order valence-electron chi connectivity index (χ1n) is 11.4. The van der Waals surface area contributed by atoms with Crippen molar-refractivity contribution in [3.63, 3.8) is 0 Å². The molecular formula is C26H31NO2. The van der Waals surface area contributed by atoms with Gasteiger partial charge in [-0.15, -0.1) is 0 Å². The second-order valence-corrected chi connectivity index (χ2v) is 9.36. The zero-order valence-corrected chi connectivity index (χ0v) is 17.1. The van der Waals surface area contributed by atoms with E-state index in [9.17, 15) is 9.90 Å². The van der Waals surface area contributed by atoms with Crippen LogP contribution in [0.4, 0.5) is 5.69 Å². The molecule has 0 saturated heterocycles. The Hall–Kier alpha value is -2.13. The largest absolute Gasteiger partial charge is 0.388 e. The van der Waals surface area contributed by atoms with E-state index in [1.54, 1.807) is 0 Å². The average Bonchev–Trinajstić information content (AvgIpc) is 3.41. The smallest absolute Gasteiger partial charge is 0.258 e.